The van der Waals surface area contributed by atoms with Crippen LogP contribution in [0, 0.1) is 5.82 Å². The van der Waals surface area contributed by atoms with Crippen LogP contribution in [0.2, 0.25) is 0 Å². The molecule has 0 aliphatic heterocycles. The van der Waals surface area contributed by atoms with Crippen LogP contribution in [0.15, 0.2) is 35.7 Å². The van der Waals surface area contributed by atoms with Gasteiger partial charge >= 0.3 is 0 Å². The number of carbonyl (C=O) groups excluding carboxylic acids is 1. The Kier molecular flexibility index (Phi) is 2.41. The number of rotatable bonds is 2. The topological polar surface area (TPSA) is 17.1 Å². The van der Waals surface area contributed by atoms with E-state index in [-0.39, 0.29) is 5.56 Å². The molecule has 2 aromatic rings. The molecule has 1 aromatic carbocycles. The quantitative estimate of drug-likeness (QED) is 0.688. The molecule has 0 radical (unpaired) electrons. The van der Waals surface area contributed by atoms with Crippen LogP contribution in [0.3, 0.4) is 0 Å². The lowest BCUT2D eigenvalue weighted by Crippen LogP contribution is -1.89. The van der Waals surface area contributed by atoms with Crippen LogP contribution in [-0.4, -0.2) is 6.29 Å². The van der Waals surface area contributed by atoms with Crippen LogP contribution in [0.25, 0.3) is 10.4 Å². The summed E-state index contributed by atoms with van der Waals surface area (Å²) in [5.41, 5.74) is 0.598. The van der Waals surface area contributed by atoms with Gasteiger partial charge in [0.15, 0.2) is 6.29 Å². The summed E-state index contributed by atoms with van der Waals surface area (Å²) in [7, 11) is 0. The van der Waals surface area contributed by atoms with Crippen LogP contribution in [-0.2, 0) is 0 Å². The summed E-state index contributed by atoms with van der Waals surface area (Å²) >= 11 is 1.45. The number of aldehydes is 1. The molecule has 0 bridgehead atoms. The van der Waals surface area contributed by atoms with Gasteiger partial charge in [-0.2, -0.15) is 0 Å². The average Bonchev–Trinajstić information content (AvgIpc) is 2.71. The average molecular weight is 206 g/mol. The van der Waals surface area contributed by atoms with Crippen molar-refractivity contribution in [2.45, 2.75) is 0 Å². The van der Waals surface area contributed by atoms with Crippen molar-refractivity contribution >= 4 is 17.6 Å². The van der Waals surface area contributed by atoms with Gasteiger partial charge in [0.05, 0.1) is 5.56 Å². The number of thiophene rings is 1. The Labute approximate surface area is 84.8 Å². The molecule has 70 valence electrons. The number of halogens is 1. The highest BCUT2D eigenvalue weighted by Gasteiger charge is 2.09. The Morgan fingerprint density at radius 3 is 2.71 bits per heavy atom. The third-order valence-corrected chi connectivity index (χ3v) is 2.85. The summed E-state index contributed by atoms with van der Waals surface area (Å²) < 4.78 is 13.6. The third-order valence-electron chi connectivity index (χ3n) is 1.94. The van der Waals surface area contributed by atoms with Crippen molar-refractivity contribution in [2.24, 2.45) is 0 Å². The first-order valence-corrected chi connectivity index (χ1v) is 4.98. The molecule has 0 atom stereocenters. The predicted octanol–water partition coefficient (Wildman–Crippen LogP) is 3.37. The van der Waals surface area contributed by atoms with E-state index in [0.29, 0.717) is 11.8 Å². The first-order chi connectivity index (χ1) is 6.83. The minimum Gasteiger partial charge on any atom is -0.298 e. The highest BCUT2D eigenvalue weighted by atomic mass is 32.1. The Balaban J connectivity index is 2.60. The molecule has 0 saturated carbocycles. The van der Waals surface area contributed by atoms with Gasteiger partial charge in [-0.3, -0.25) is 4.79 Å². The van der Waals surface area contributed by atoms with Crippen LogP contribution < -0.4 is 0 Å². The zero-order valence-electron chi connectivity index (χ0n) is 7.24. The molecular weight excluding hydrogens is 199 g/mol. The van der Waals surface area contributed by atoms with Crippen molar-refractivity contribution in [1.29, 1.82) is 0 Å². The zero-order valence-corrected chi connectivity index (χ0v) is 8.05. The molecule has 0 fully saturated rings. The molecule has 1 nitrogen and oxygen atoms in total. The van der Waals surface area contributed by atoms with E-state index in [9.17, 15) is 9.18 Å². The first-order valence-electron chi connectivity index (χ1n) is 4.10. The summed E-state index contributed by atoms with van der Waals surface area (Å²) in [6.07, 6.45) is 0.534. The normalized spacial score (nSPS) is 10.1. The molecule has 0 N–H and O–H groups in total. The Morgan fingerprint density at radius 2 is 2.07 bits per heavy atom. The second-order valence-corrected chi connectivity index (χ2v) is 3.75. The maximum Gasteiger partial charge on any atom is 0.153 e. The summed E-state index contributed by atoms with van der Waals surface area (Å²) in [4.78, 5) is 11.4. The molecular formula is C11H7FOS. The fourth-order valence-electron chi connectivity index (χ4n) is 1.26. The minimum atomic E-state index is -0.440. The van der Waals surface area contributed by atoms with E-state index in [1.807, 2.05) is 17.5 Å². The van der Waals surface area contributed by atoms with Gasteiger partial charge < -0.3 is 0 Å². The fraction of sp³-hybridized carbons (Fsp3) is 0. The molecule has 0 spiro atoms. The molecule has 2 rings (SSSR count). The van der Waals surface area contributed by atoms with E-state index in [4.69, 9.17) is 0 Å². The number of hydrogen-bond donors (Lipinski definition) is 0. The molecule has 1 heterocycles. The van der Waals surface area contributed by atoms with Crippen LogP contribution in [0.5, 0.6) is 0 Å². The van der Waals surface area contributed by atoms with Crippen molar-refractivity contribution in [2.75, 3.05) is 0 Å². The molecule has 0 aliphatic carbocycles. The van der Waals surface area contributed by atoms with Crippen molar-refractivity contribution in [3.05, 3.63) is 47.1 Å². The second-order valence-electron chi connectivity index (χ2n) is 2.80. The van der Waals surface area contributed by atoms with E-state index < -0.39 is 5.82 Å². The Hall–Kier alpha value is -1.48. The highest BCUT2D eigenvalue weighted by Crippen LogP contribution is 2.28. The van der Waals surface area contributed by atoms with E-state index in [1.165, 1.54) is 17.4 Å². The number of benzene rings is 1. The minimum absolute atomic E-state index is 0.107. The summed E-state index contributed by atoms with van der Waals surface area (Å²) in [6.45, 7) is 0. The first kappa shape index (κ1) is 9.09. The van der Waals surface area contributed by atoms with Gasteiger partial charge in [0.25, 0.3) is 0 Å². The largest absolute Gasteiger partial charge is 0.298 e. The summed E-state index contributed by atoms with van der Waals surface area (Å²) in [5.74, 6) is -0.440. The van der Waals surface area contributed by atoms with Crippen molar-refractivity contribution in [3.8, 4) is 10.4 Å². The van der Waals surface area contributed by atoms with Gasteiger partial charge in [0, 0.05) is 10.4 Å². The van der Waals surface area contributed by atoms with Gasteiger partial charge in [-0.15, -0.1) is 11.3 Å². The van der Waals surface area contributed by atoms with Gasteiger partial charge in [0.2, 0.25) is 0 Å². The van der Waals surface area contributed by atoms with Crippen LogP contribution in [0.1, 0.15) is 10.4 Å². The SMILES string of the molecule is O=Cc1cccc(-c2cccs2)c1F. The summed E-state index contributed by atoms with van der Waals surface area (Å²) in [6, 6.07) is 8.51. The van der Waals surface area contributed by atoms with Gasteiger partial charge in [-0.25, -0.2) is 4.39 Å². The van der Waals surface area contributed by atoms with Crippen molar-refractivity contribution < 1.29 is 9.18 Å². The third kappa shape index (κ3) is 1.46. The Morgan fingerprint density at radius 1 is 1.21 bits per heavy atom. The van der Waals surface area contributed by atoms with E-state index in [0.717, 1.165) is 4.88 Å². The molecule has 0 amide bonds. The van der Waals surface area contributed by atoms with Gasteiger partial charge in [0.1, 0.15) is 5.82 Å². The van der Waals surface area contributed by atoms with E-state index >= 15 is 0 Å². The highest BCUT2D eigenvalue weighted by molar-refractivity contribution is 7.13. The second kappa shape index (κ2) is 3.72. The molecule has 1 aromatic heterocycles. The van der Waals surface area contributed by atoms with Gasteiger partial charge in [-0.05, 0) is 17.5 Å². The summed E-state index contributed by atoms with van der Waals surface area (Å²) in [5, 5.41) is 1.88. The molecule has 3 heteroatoms. The number of carbonyl (C=O) groups is 1. The molecule has 0 saturated heterocycles. The van der Waals surface area contributed by atoms with E-state index in [1.54, 1.807) is 12.1 Å². The fourth-order valence-corrected chi connectivity index (χ4v) is 2.01. The van der Waals surface area contributed by atoms with Crippen molar-refractivity contribution in [3.63, 3.8) is 0 Å². The van der Waals surface area contributed by atoms with Crippen molar-refractivity contribution in [1.82, 2.24) is 0 Å². The zero-order chi connectivity index (χ0) is 9.97. The molecule has 0 aliphatic rings. The lowest BCUT2D eigenvalue weighted by atomic mass is 10.1. The standard InChI is InChI=1S/C11H7FOS/c12-11-8(7-13)3-1-4-9(11)10-5-2-6-14-10/h1-7H. The molecule has 0 unspecified atom stereocenters. The maximum absolute atomic E-state index is 13.6. The maximum atomic E-state index is 13.6. The van der Waals surface area contributed by atoms with E-state index in [2.05, 4.69) is 0 Å². The molecule has 14 heavy (non-hydrogen) atoms. The lowest BCUT2D eigenvalue weighted by molar-refractivity contribution is 0.112. The Bertz CT molecular complexity index is 448. The lowest BCUT2D eigenvalue weighted by Gasteiger charge is -2.01. The predicted molar refractivity (Wildman–Crippen MR) is 55.1 cm³/mol. The van der Waals surface area contributed by atoms with Crippen LogP contribution >= 0.6 is 11.3 Å². The smallest absolute Gasteiger partial charge is 0.153 e. The number of hydrogen-bond acceptors (Lipinski definition) is 2. The van der Waals surface area contributed by atoms with Gasteiger partial charge in [-0.1, -0.05) is 18.2 Å². The van der Waals surface area contributed by atoms with Crippen LogP contribution in [0.4, 0.5) is 4.39 Å². The monoisotopic (exact) mass is 206 g/mol.